The van der Waals surface area contributed by atoms with E-state index in [2.05, 4.69) is 4.99 Å². The molecule has 54 valence electrons. The van der Waals surface area contributed by atoms with Gasteiger partial charge in [0.2, 0.25) is 0 Å². The molecule has 1 aliphatic heterocycles. The van der Waals surface area contributed by atoms with Crippen LogP contribution < -0.4 is 5.73 Å². The summed E-state index contributed by atoms with van der Waals surface area (Å²) >= 11 is 0. The van der Waals surface area contributed by atoms with Crippen molar-refractivity contribution in [3.05, 3.63) is 0 Å². The predicted molar refractivity (Wildman–Crippen MR) is 33.3 cm³/mol. The van der Waals surface area contributed by atoms with Gasteiger partial charge in [-0.2, -0.15) is 8.78 Å². The molecule has 1 rings (SSSR count). The van der Waals surface area contributed by atoms with E-state index < -0.39 is 11.8 Å². The Hall–Kier alpha value is -0.380. The Morgan fingerprint density at radius 3 is 2.22 bits per heavy atom. The largest absolute Gasteiger partial charge is 0.382 e. The van der Waals surface area contributed by atoms with Crippen molar-refractivity contribution in [2.75, 3.05) is 6.54 Å². The second-order valence-electron chi connectivity index (χ2n) is 1.72. The van der Waals surface area contributed by atoms with Gasteiger partial charge in [-0.15, -0.1) is 12.4 Å². The Morgan fingerprint density at radius 1 is 1.56 bits per heavy atom. The number of amidine groups is 1. The Labute approximate surface area is 57.5 Å². The van der Waals surface area contributed by atoms with Gasteiger partial charge in [-0.3, -0.25) is 4.99 Å². The Balaban J connectivity index is 0.000000640. The minimum absolute atomic E-state index is 0. The summed E-state index contributed by atoms with van der Waals surface area (Å²) in [5, 5.41) is 0. The third-order valence-electron chi connectivity index (χ3n) is 1.08. The van der Waals surface area contributed by atoms with Crippen LogP contribution in [0.2, 0.25) is 0 Å². The zero-order chi connectivity index (χ0) is 6.20. The molecule has 0 bridgehead atoms. The van der Waals surface area contributed by atoms with Crippen LogP contribution in [0.15, 0.2) is 4.99 Å². The molecule has 0 amide bonds. The van der Waals surface area contributed by atoms with E-state index in [0.717, 1.165) is 0 Å². The summed E-state index contributed by atoms with van der Waals surface area (Å²) in [5.74, 6) is -3.34. The molecule has 0 saturated heterocycles. The Morgan fingerprint density at radius 2 is 2.11 bits per heavy atom. The van der Waals surface area contributed by atoms with Gasteiger partial charge in [0, 0.05) is 13.0 Å². The highest BCUT2D eigenvalue weighted by atomic mass is 35.5. The van der Waals surface area contributed by atoms with Crippen LogP contribution in [0.1, 0.15) is 6.42 Å². The second-order valence-corrected chi connectivity index (χ2v) is 1.72. The molecule has 0 radical (unpaired) electrons. The highest BCUT2D eigenvalue weighted by Gasteiger charge is 2.37. The van der Waals surface area contributed by atoms with Gasteiger partial charge >= 0.3 is 5.92 Å². The Kier molecular flexibility index (Phi) is 2.37. The summed E-state index contributed by atoms with van der Waals surface area (Å²) in [5.41, 5.74) is 4.81. The normalized spacial score (nSPS) is 22.7. The van der Waals surface area contributed by atoms with Crippen molar-refractivity contribution >= 4 is 18.2 Å². The number of aliphatic imine (C=N–C) groups is 1. The van der Waals surface area contributed by atoms with E-state index >= 15 is 0 Å². The van der Waals surface area contributed by atoms with Crippen LogP contribution in [0, 0.1) is 0 Å². The van der Waals surface area contributed by atoms with Crippen molar-refractivity contribution in [3.8, 4) is 0 Å². The first-order valence-electron chi connectivity index (χ1n) is 2.31. The van der Waals surface area contributed by atoms with E-state index in [1.807, 2.05) is 0 Å². The van der Waals surface area contributed by atoms with E-state index in [1.54, 1.807) is 0 Å². The van der Waals surface area contributed by atoms with Crippen LogP contribution in [-0.4, -0.2) is 18.3 Å². The van der Waals surface area contributed by atoms with Gasteiger partial charge in [0.15, 0.2) is 5.84 Å². The van der Waals surface area contributed by atoms with Gasteiger partial charge in [-0.25, -0.2) is 0 Å². The summed E-state index contributed by atoms with van der Waals surface area (Å²) in [6, 6.07) is 0. The van der Waals surface area contributed by atoms with Crippen LogP contribution in [0.25, 0.3) is 0 Å². The van der Waals surface area contributed by atoms with Gasteiger partial charge in [-0.05, 0) is 0 Å². The Bertz CT molecular complexity index is 135. The third-order valence-corrected chi connectivity index (χ3v) is 1.08. The number of rotatable bonds is 0. The monoisotopic (exact) mass is 156 g/mol. The molecule has 0 unspecified atom stereocenters. The minimum atomic E-state index is -2.82. The van der Waals surface area contributed by atoms with E-state index in [4.69, 9.17) is 5.73 Å². The topological polar surface area (TPSA) is 38.4 Å². The summed E-state index contributed by atoms with van der Waals surface area (Å²) in [7, 11) is 0. The molecule has 0 aromatic carbocycles. The highest BCUT2D eigenvalue weighted by molar-refractivity contribution is 5.88. The van der Waals surface area contributed by atoms with Crippen molar-refractivity contribution in [2.24, 2.45) is 10.7 Å². The first-order chi connectivity index (χ1) is 3.63. The fourth-order valence-corrected chi connectivity index (χ4v) is 0.561. The number of nitrogens with zero attached hydrogens (tertiary/aromatic N) is 1. The molecule has 5 heteroatoms. The smallest absolute Gasteiger partial charge is 0.305 e. The first-order valence-corrected chi connectivity index (χ1v) is 2.31. The molecular formula is C4H7ClF2N2. The van der Waals surface area contributed by atoms with Crippen molar-refractivity contribution in [1.82, 2.24) is 0 Å². The average molecular weight is 157 g/mol. The number of hydrogen-bond donors (Lipinski definition) is 1. The fourth-order valence-electron chi connectivity index (χ4n) is 0.561. The van der Waals surface area contributed by atoms with Crippen LogP contribution in [0.4, 0.5) is 8.78 Å². The van der Waals surface area contributed by atoms with Crippen molar-refractivity contribution in [3.63, 3.8) is 0 Å². The number of halogens is 3. The number of hydrogen-bond acceptors (Lipinski definition) is 2. The van der Waals surface area contributed by atoms with Crippen molar-refractivity contribution in [1.29, 1.82) is 0 Å². The molecule has 0 aromatic rings. The van der Waals surface area contributed by atoms with Gasteiger partial charge in [0.25, 0.3) is 0 Å². The fraction of sp³-hybridized carbons (Fsp3) is 0.750. The summed E-state index contributed by atoms with van der Waals surface area (Å²) in [6.45, 7) is 0.166. The molecule has 1 aliphatic rings. The molecule has 2 N–H and O–H groups in total. The lowest BCUT2D eigenvalue weighted by molar-refractivity contribution is 0.0792. The summed E-state index contributed by atoms with van der Waals surface area (Å²) in [4.78, 5) is 3.33. The van der Waals surface area contributed by atoms with Crippen molar-refractivity contribution in [2.45, 2.75) is 12.3 Å². The highest BCUT2D eigenvalue weighted by Crippen LogP contribution is 2.22. The third kappa shape index (κ3) is 1.51. The lowest BCUT2D eigenvalue weighted by Crippen LogP contribution is -2.31. The van der Waals surface area contributed by atoms with Gasteiger partial charge in [-0.1, -0.05) is 0 Å². The lowest BCUT2D eigenvalue weighted by atomic mass is 10.3. The second kappa shape index (κ2) is 2.47. The van der Waals surface area contributed by atoms with Crippen LogP contribution in [0.3, 0.4) is 0 Å². The van der Waals surface area contributed by atoms with Gasteiger partial charge < -0.3 is 5.73 Å². The van der Waals surface area contributed by atoms with Crippen molar-refractivity contribution < 1.29 is 8.78 Å². The summed E-state index contributed by atoms with van der Waals surface area (Å²) < 4.78 is 24.2. The molecule has 0 aromatic heterocycles. The molecule has 1 heterocycles. The quantitative estimate of drug-likeness (QED) is 0.554. The SMILES string of the molecule is Cl.NC1=NCCC1(F)F. The van der Waals surface area contributed by atoms with Crippen LogP contribution in [0.5, 0.6) is 0 Å². The molecule has 0 atom stereocenters. The molecular weight excluding hydrogens is 150 g/mol. The maximum absolute atomic E-state index is 12.1. The maximum atomic E-state index is 12.1. The van der Waals surface area contributed by atoms with Crippen LogP contribution in [-0.2, 0) is 0 Å². The standard InChI is InChI=1S/C4H6F2N2.ClH/c5-4(6)1-2-8-3(4)7;/h1-2H2,(H2,7,8);1H. The minimum Gasteiger partial charge on any atom is -0.382 e. The molecule has 0 aliphatic carbocycles. The van der Waals surface area contributed by atoms with Crippen LogP contribution >= 0.6 is 12.4 Å². The van der Waals surface area contributed by atoms with Gasteiger partial charge in [0.1, 0.15) is 0 Å². The zero-order valence-electron chi connectivity index (χ0n) is 4.60. The molecule has 0 spiro atoms. The average Bonchev–Trinajstić information content (AvgIpc) is 1.86. The van der Waals surface area contributed by atoms with Gasteiger partial charge in [0.05, 0.1) is 0 Å². The molecule has 9 heavy (non-hydrogen) atoms. The number of nitrogens with two attached hydrogens (primary N) is 1. The zero-order valence-corrected chi connectivity index (χ0v) is 5.42. The molecule has 0 saturated carbocycles. The maximum Gasteiger partial charge on any atom is 0.305 e. The van der Waals surface area contributed by atoms with E-state index in [9.17, 15) is 8.78 Å². The molecule has 2 nitrogen and oxygen atoms in total. The van der Waals surface area contributed by atoms with E-state index in [0.29, 0.717) is 0 Å². The van der Waals surface area contributed by atoms with E-state index in [-0.39, 0.29) is 25.4 Å². The van der Waals surface area contributed by atoms with E-state index in [1.165, 1.54) is 0 Å². The number of alkyl halides is 2. The molecule has 0 fully saturated rings. The first kappa shape index (κ1) is 8.62. The summed E-state index contributed by atoms with van der Waals surface area (Å²) in [6.07, 6.45) is -0.223. The predicted octanol–water partition coefficient (Wildman–Crippen LogP) is 0.804. The lowest BCUT2D eigenvalue weighted by Gasteiger charge is -2.04.